The Labute approximate surface area is 146 Å². The largest absolute Gasteiger partial charge is 0.388 e. The van der Waals surface area contributed by atoms with E-state index in [0.29, 0.717) is 17.5 Å². The summed E-state index contributed by atoms with van der Waals surface area (Å²) in [5, 5.41) is 13.1. The van der Waals surface area contributed by atoms with Crippen molar-refractivity contribution in [2.45, 2.75) is 37.3 Å². The van der Waals surface area contributed by atoms with E-state index in [1.807, 2.05) is 38.3 Å². The van der Waals surface area contributed by atoms with Gasteiger partial charge in [-0.1, -0.05) is 18.2 Å². The van der Waals surface area contributed by atoms with E-state index in [9.17, 15) is 14.3 Å². The fourth-order valence-corrected chi connectivity index (χ4v) is 2.93. The topological polar surface area (TPSA) is 49.3 Å². The molecule has 0 saturated carbocycles. The Morgan fingerprint density at radius 3 is 2.54 bits per heavy atom. The number of hydrogen-bond acceptors (Lipinski definition) is 3. The van der Waals surface area contributed by atoms with Crippen molar-refractivity contribution >= 4 is 17.7 Å². The molecule has 3 nitrogen and oxygen atoms in total. The Bertz CT molecular complexity index is 703. The highest BCUT2D eigenvalue weighted by Gasteiger charge is 2.17. The summed E-state index contributed by atoms with van der Waals surface area (Å²) in [5.41, 5.74) is 2.19. The molecule has 0 aromatic heterocycles. The molecule has 0 bridgehead atoms. The number of amides is 1. The maximum absolute atomic E-state index is 12.9. The molecule has 2 N–H and O–H groups in total. The Kier molecular flexibility index (Phi) is 6.40. The van der Waals surface area contributed by atoms with Crippen molar-refractivity contribution in [1.29, 1.82) is 0 Å². The molecule has 2 unspecified atom stereocenters. The van der Waals surface area contributed by atoms with Crippen molar-refractivity contribution < 1.29 is 14.3 Å². The molecule has 0 fully saturated rings. The van der Waals surface area contributed by atoms with Crippen LogP contribution in [0.5, 0.6) is 0 Å². The maximum atomic E-state index is 12.9. The van der Waals surface area contributed by atoms with Crippen LogP contribution in [0, 0.1) is 12.7 Å². The van der Waals surface area contributed by atoms with E-state index in [1.54, 1.807) is 23.9 Å². The van der Waals surface area contributed by atoms with Gasteiger partial charge >= 0.3 is 0 Å². The molecule has 0 radical (unpaired) electrons. The Morgan fingerprint density at radius 2 is 1.92 bits per heavy atom. The van der Waals surface area contributed by atoms with Crippen LogP contribution in [0.3, 0.4) is 0 Å². The summed E-state index contributed by atoms with van der Waals surface area (Å²) in [6, 6.07) is 11.3. The van der Waals surface area contributed by atoms with Crippen LogP contribution in [0.25, 0.3) is 0 Å². The number of hydrogen-bond donors (Lipinski definition) is 2. The summed E-state index contributed by atoms with van der Waals surface area (Å²) in [6.45, 7) is 3.75. The molecule has 2 aromatic rings. The molecular formula is C19H22FNO2S. The minimum atomic E-state index is -0.750. The number of carbonyl (C=O) groups is 1. The Hall–Kier alpha value is -1.85. The van der Waals surface area contributed by atoms with Crippen LogP contribution in [-0.2, 0) is 0 Å². The number of carbonyl (C=O) groups excluding carboxylic acids is 1. The maximum Gasteiger partial charge on any atom is 0.251 e. The summed E-state index contributed by atoms with van der Waals surface area (Å²) < 4.78 is 12.9. The highest BCUT2D eigenvalue weighted by atomic mass is 32.2. The standard InChI is InChI=1S/C19H22FNO2S/c1-12-4-9-16(24-3)11-17(12)19(23)21-13(2)10-18(22)14-5-7-15(20)8-6-14/h4-9,11,13,18,22H,10H2,1-3H3,(H,21,23). The number of thioether (sulfide) groups is 1. The third kappa shape index (κ3) is 4.82. The number of halogens is 1. The molecule has 0 aliphatic carbocycles. The SMILES string of the molecule is CSc1ccc(C)c(C(=O)NC(C)CC(O)c2ccc(F)cc2)c1. The van der Waals surface area contributed by atoms with Crippen LogP contribution in [0.15, 0.2) is 47.4 Å². The quantitative estimate of drug-likeness (QED) is 0.774. The number of aliphatic hydroxyl groups excluding tert-OH is 1. The van der Waals surface area contributed by atoms with E-state index < -0.39 is 6.10 Å². The van der Waals surface area contributed by atoms with Crippen LogP contribution in [0.4, 0.5) is 4.39 Å². The molecule has 24 heavy (non-hydrogen) atoms. The van der Waals surface area contributed by atoms with E-state index in [0.717, 1.165) is 10.5 Å². The fourth-order valence-electron chi connectivity index (χ4n) is 2.49. The molecule has 2 aromatic carbocycles. The van der Waals surface area contributed by atoms with E-state index in [-0.39, 0.29) is 17.8 Å². The predicted octanol–water partition coefficient (Wildman–Crippen LogP) is 4.10. The molecule has 2 rings (SSSR count). The number of aryl methyl sites for hydroxylation is 1. The molecule has 2 atom stereocenters. The van der Waals surface area contributed by atoms with Crippen molar-refractivity contribution in [1.82, 2.24) is 5.32 Å². The van der Waals surface area contributed by atoms with Gasteiger partial charge in [-0.3, -0.25) is 4.79 Å². The van der Waals surface area contributed by atoms with Crippen LogP contribution in [0.1, 0.15) is 40.9 Å². The molecule has 0 aliphatic heterocycles. The van der Waals surface area contributed by atoms with Gasteiger partial charge < -0.3 is 10.4 Å². The molecule has 5 heteroatoms. The van der Waals surface area contributed by atoms with E-state index in [4.69, 9.17) is 0 Å². The van der Waals surface area contributed by atoms with Crippen molar-refractivity contribution in [3.8, 4) is 0 Å². The normalized spacial score (nSPS) is 13.4. The first-order chi connectivity index (χ1) is 11.4. The van der Waals surface area contributed by atoms with Crippen molar-refractivity contribution in [2.75, 3.05) is 6.26 Å². The first-order valence-electron chi connectivity index (χ1n) is 7.79. The van der Waals surface area contributed by atoms with Gasteiger partial charge in [0.1, 0.15) is 5.82 Å². The van der Waals surface area contributed by atoms with Crippen LogP contribution >= 0.6 is 11.8 Å². The van der Waals surface area contributed by atoms with Gasteiger partial charge in [-0.05, 0) is 61.9 Å². The number of nitrogens with one attached hydrogen (secondary N) is 1. The van der Waals surface area contributed by atoms with Gasteiger partial charge in [0, 0.05) is 16.5 Å². The Morgan fingerprint density at radius 1 is 1.25 bits per heavy atom. The van der Waals surface area contributed by atoms with Crippen LogP contribution < -0.4 is 5.32 Å². The lowest BCUT2D eigenvalue weighted by Crippen LogP contribution is -2.34. The van der Waals surface area contributed by atoms with Gasteiger partial charge in [-0.15, -0.1) is 11.8 Å². The average Bonchev–Trinajstić information content (AvgIpc) is 2.55. The third-order valence-electron chi connectivity index (χ3n) is 3.90. The summed E-state index contributed by atoms with van der Waals surface area (Å²) in [4.78, 5) is 13.5. The van der Waals surface area contributed by atoms with E-state index >= 15 is 0 Å². The third-order valence-corrected chi connectivity index (χ3v) is 4.62. The van der Waals surface area contributed by atoms with Crippen molar-refractivity contribution in [3.05, 3.63) is 65.0 Å². The lowest BCUT2D eigenvalue weighted by Gasteiger charge is -2.19. The summed E-state index contributed by atoms with van der Waals surface area (Å²) in [6.07, 6.45) is 1.58. The zero-order chi connectivity index (χ0) is 17.7. The molecule has 0 aliphatic rings. The van der Waals surface area contributed by atoms with Gasteiger partial charge in [0.2, 0.25) is 0 Å². The lowest BCUT2D eigenvalue weighted by molar-refractivity contribution is 0.0916. The van der Waals surface area contributed by atoms with Gasteiger partial charge in [0.15, 0.2) is 0 Å². The molecular weight excluding hydrogens is 325 g/mol. The zero-order valence-electron chi connectivity index (χ0n) is 14.0. The molecule has 1 amide bonds. The summed E-state index contributed by atoms with van der Waals surface area (Å²) in [7, 11) is 0. The minimum absolute atomic E-state index is 0.151. The first kappa shape index (κ1) is 18.5. The van der Waals surface area contributed by atoms with E-state index in [1.165, 1.54) is 12.1 Å². The summed E-state index contributed by atoms with van der Waals surface area (Å²) >= 11 is 1.59. The molecule has 0 saturated heterocycles. The first-order valence-corrected chi connectivity index (χ1v) is 9.02. The van der Waals surface area contributed by atoms with Gasteiger partial charge in [0.05, 0.1) is 6.10 Å². The monoisotopic (exact) mass is 347 g/mol. The summed E-state index contributed by atoms with van der Waals surface area (Å²) in [5.74, 6) is -0.487. The second-order valence-corrected chi connectivity index (χ2v) is 6.74. The number of rotatable bonds is 6. The lowest BCUT2D eigenvalue weighted by atomic mass is 10.0. The van der Waals surface area contributed by atoms with Crippen molar-refractivity contribution in [3.63, 3.8) is 0 Å². The zero-order valence-corrected chi connectivity index (χ0v) is 14.9. The van der Waals surface area contributed by atoms with Gasteiger partial charge in [-0.25, -0.2) is 4.39 Å². The highest BCUT2D eigenvalue weighted by molar-refractivity contribution is 7.98. The smallest absolute Gasteiger partial charge is 0.251 e. The van der Waals surface area contributed by atoms with E-state index in [2.05, 4.69) is 5.32 Å². The minimum Gasteiger partial charge on any atom is -0.388 e. The average molecular weight is 347 g/mol. The molecule has 0 spiro atoms. The number of aliphatic hydroxyl groups is 1. The van der Waals surface area contributed by atoms with Crippen LogP contribution in [0.2, 0.25) is 0 Å². The highest BCUT2D eigenvalue weighted by Crippen LogP contribution is 2.21. The molecule has 128 valence electrons. The van der Waals surface area contributed by atoms with Gasteiger partial charge in [0.25, 0.3) is 5.91 Å². The molecule has 0 heterocycles. The van der Waals surface area contributed by atoms with Crippen LogP contribution in [-0.4, -0.2) is 23.3 Å². The second kappa shape index (κ2) is 8.31. The van der Waals surface area contributed by atoms with Gasteiger partial charge in [-0.2, -0.15) is 0 Å². The Balaban J connectivity index is 2.00. The predicted molar refractivity (Wildman–Crippen MR) is 95.9 cm³/mol. The van der Waals surface area contributed by atoms with Crippen molar-refractivity contribution in [2.24, 2.45) is 0 Å². The second-order valence-electron chi connectivity index (χ2n) is 5.86. The number of benzene rings is 2. The fraction of sp³-hybridized carbons (Fsp3) is 0.316.